The van der Waals surface area contributed by atoms with Gasteiger partial charge in [-0.15, -0.1) is 0 Å². The fourth-order valence-electron chi connectivity index (χ4n) is 2.47. The van der Waals surface area contributed by atoms with Crippen molar-refractivity contribution in [1.29, 1.82) is 0 Å². The third kappa shape index (κ3) is 4.37. The van der Waals surface area contributed by atoms with Gasteiger partial charge in [0.25, 0.3) is 5.91 Å². The topological polar surface area (TPSA) is 41.6 Å². The van der Waals surface area contributed by atoms with Gasteiger partial charge in [-0.05, 0) is 25.0 Å². The average Bonchev–Trinajstić information content (AvgIpc) is 2.50. The first kappa shape index (κ1) is 17.6. The van der Waals surface area contributed by atoms with Crippen LogP contribution < -0.4 is 10.2 Å². The van der Waals surface area contributed by atoms with Crippen molar-refractivity contribution in [3.8, 4) is 0 Å². The molecule has 1 aromatic rings. The van der Waals surface area contributed by atoms with Crippen molar-refractivity contribution >= 4 is 17.3 Å². The van der Waals surface area contributed by atoms with Gasteiger partial charge in [-0.3, -0.25) is 4.79 Å². The second-order valence-electron chi connectivity index (χ2n) is 6.03. The zero-order chi connectivity index (χ0) is 17.2. The summed E-state index contributed by atoms with van der Waals surface area (Å²) in [5.41, 5.74) is 1.46. The largest absolute Gasteiger partial charge is 0.411 e. The fraction of sp³-hybridized carbons (Fsp3) is 0.562. The van der Waals surface area contributed by atoms with E-state index in [1.54, 1.807) is 12.1 Å². The zero-order valence-corrected chi connectivity index (χ0v) is 13.4. The number of ether oxygens (including phenoxy) is 1. The number of hydrogen-bond donors (Lipinski definition) is 1. The summed E-state index contributed by atoms with van der Waals surface area (Å²) in [6.45, 7) is 4.37. The molecule has 0 bridgehead atoms. The number of carbonyl (C=O) groups excluding carboxylic acids is 1. The molecule has 2 atom stereocenters. The molecule has 1 amide bonds. The van der Waals surface area contributed by atoms with Gasteiger partial charge in [-0.1, -0.05) is 26.0 Å². The van der Waals surface area contributed by atoms with Crippen LogP contribution in [0, 0.1) is 5.92 Å². The first-order chi connectivity index (χ1) is 10.7. The van der Waals surface area contributed by atoms with E-state index in [0.717, 1.165) is 5.69 Å². The first-order valence-electron chi connectivity index (χ1n) is 7.54. The lowest BCUT2D eigenvalue weighted by Gasteiger charge is -2.38. The summed E-state index contributed by atoms with van der Waals surface area (Å²) in [4.78, 5) is 14.1. The van der Waals surface area contributed by atoms with Crippen LogP contribution in [0.1, 0.15) is 20.8 Å². The smallest absolute Gasteiger partial charge is 0.379 e. The highest BCUT2D eigenvalue weighted by Gasteiger charge is 2.34. The van der Waals surface area contributed by atoms with E-state index < -0.39 is 24.8 Å². The summed E-state index contributed by atoms with van der Waals surface area (Å²) >= 11 is 0. The lowest BCUT2D eigenvalue weighted by atomic mass is 9.99. The summed E-state index contributed by atoms with van der Waals surface area (Å²) in [7, 11) is 0. The standard InChI is InChI=1S/C16H21F3N2O2/c1-10(2)13-8-21(14-7-5-4-6-12(14)20-13)15(22)11(3)23-9-16(17,18)19/h4-7,10-11,13,20H,8-9H2,1-3H3/t11-,13+/m0/s1. The van der Waals surface area contributed by atoms with E-state index in [1.807, 2.05) is 26.0 Å². The molecule has 0 aromatic heterocycles. The Hall–Kier alpha value is -1.76. The van der Waals surface area contributed by atoms with Crippen LogP contribution in [0.5, 0.6) is 0 Å². The molecular weight excluding hydrogens is 309 g/mol. The van der Waals surface area contributed by atoms with Crippen molar-refractivity contribution in [2.75, 3.05) is 23.4 Å². The maximum Gasteiger partial charge on any atom is 0.411 e. The Balaban J connectivity index is 2.18. The number of nitrogens with one attached hydrogen (secondary N) is 1. The van der Waals surface area contributed by atoms with Crippen molar-refractivity contribution in [2.45, 2.75) is 39.1 Å². The highest BCUT2D eigenvalue weighted by molar-refractivity contribution is 6.00. The van der Waals surface area contributed by atoms with Crippen LogP contribution in [0.25, 0.3) is 0 Å². The molecule has 1 N–H and O–H groups in total. The highest BCUT2D eigenvalue weighted by atomic mass is 19.4. The fourth-order valence-corrected chi connectivity index (χ4v) is 2.47. The molecule has 1 aromatic carbocycles. The summed E-state index contributed by atoms with van der Waals surface area (Å²) in [5.74, 6) is -0.195. The number of alkyl halides is 3. The molecule has 0 fully saturated rings. The molecule has 1 heterocycles. The van der Waals surface area contributed by atoms with Crippen molar-refractivity contribution in [2.24, 2.45) is 5.92 Å². The average molecular weight is 330 g/mol. The van der Waals surface area contributed by atoms with Gasteiger partial charge < -0.3 is 15.0 Å². The van der Waals surface area contributed by atoms with E-state index in [-0.39, 0.29) is 12.0 Å². The number of anilines is 2. The normalized spacial score (nSPS) is 19.3. The van der Waals surface area contributed by atoms with Crippen molar-refractivity contribution in [3.05, 3.63) is 24.3 Å². The minimum absolute atomic E-state index is 0.0312. The summed E-state index contributed by atoms with van der Waals surface area (Å²) in [5, 5.41) is 3.36. The molecule has 0 aliphatic carbocycles. The van der Waals surface area contributed by atoms with Crippen LogP contribution in [0.4, 0.5) is 24.5 Å². The Morgan fingerprint density at radius 1 is 1.35 bits per heavy atom. The van der Waals surface area contributed by atoms with Gasteiger partial charge in [0.15, 0.2) is 0 Å². The number of halogens is 3. The van der Waals surface area contributed by atoms with Crippen molar-refractivity contribution < 1.29 is 22.7 Å². The van der Waals surface area contributed by atoms with E-state index in [1.165, 1.54) is 11.8 Å². The molecule has 0 radical (unpaired) electrons. The zero-order valence-electron chi connectivity index (χ0n) is 13.4. The summed E-state index contributed by atoms with van der Waals surface area (Å²) in [6.07, 6.45) is -5.60. The number of nitrogens with zero attached hydrogens (tertiary/aromatic N) is 1. The number of benzene rings is 1. The molecule has 0 saturated carbocycles. The maximum atomic E-state index is 12.6. The van der Waals surface area contributed by atoms with E-state index >= 15 is 0 Å². The summed E-state index contributed by atoms with van der Waals surface area (Å²) < 4.78 is 41.5. The van der Waals surface area contributed by atoms with Crippen LogP contribution in [0.15, 0.2) is 24.3 Å². The van der Waals surface area contributed by atoms with Gasteiger partial charge in [0.2, 0.25) is 0 Å². The number of para-hydroxylation sites is 2. The molecular formula is C16H21F3N2O2. The molecule has 23 heavy (non-hydrogen) atoms. The molecule has 0 unspecified atom stereocenters. The molecule has 1 aliphatic heterocycles. The van der Waals surface area contributed by atoms with Crippen LogP contribution in [-0.4, -0.2) is 37.4 Å². The lowest BCUT2D eigenvalue weighted by Crippen LogP contribution is -2.50. The molecule has 2 rings (SSSR count). The number of hydrogen-bond acceptors (Lipinski definition) is 3. The van der Waals surface area contributed by atoms with Crippen LogP contribution >= 0.6 is 0 Å². The number of rotatable bonds is 4. The van der Waals surface area contributed by atoms with E-state index in [2.05, 4.69) is 5.32 Å². The monoisotopic (exact) mass is 330 g/mol. The molecule has 1 aliphatic rings. The van der Waals surface area contributed by atoms with E-state index in [4.69, 9.17) is 4.74 Å². The predicted molar refractivity (Wildman–Crippen MR) is 82.5 cm³/mol. The van der Waals surface area contributed by atoms with Gasteiger partial charge in [-0.25, -0.2) is 0 Å². The molecule has 0 saturated heterocycles. The minimum atomic E-state index is -4.45. The van der Waals surface area contributed by atoms with Crippen LogP contribution in [0.3, 0.4) is 0 Å². The third-order valence-corrected chi connectivity index (χ3v) is 3.83. The van der Waals surface area contributed by atoms with Crippen molar-refractivity contribution in [1.82, 2.24) is 0 Å². The Labute approximate surface area is 133 Å². The number of amides is 1. The van der Waals surface area contributed by atoms with Gasteiger partial charge in [-0.2, -0.15) is 13.2 Å². The Morgan fingerprint density at radius 3 is 2.61 bits per heavy atom. The van der Waals surface area contributed by atoms with Gasteiger partial charge >= 0.3 is 6.18 Å². The molecule has 4 nitrogen and oxygen atoms in total. The van der Waals surface area contributed by atoms with Crippen LogP contribution in [0.2, 0.25) is 0 Å². The maximum absolute atomic E-state index is 12.6. The Bertz CT molecular complexity index is 561. The number of fused-ring (bicyclic) bond motifs is 1. The number of carbonyl (C=O) groups is 1. The van der Waals surface area contributed by atoms with Gasteiger partial charge in [0, 0.05) is 12.6 Å². The Kier molecular flexibility index (Phi) is 5.19. The second kappa shape index (κ2) is 6.78. The molecule has 128 valence electrons. The predicted octanol–water partition coefficient (Wildman–Crippen LogP) is 3.44. The van der Waals surface area contributed by atoms with Gasteiger partial charge in [0.1, 0.15) is 12.7 Å². The van der Waals surface area contributed by atoms with Gasteiger partial charge in [0.05, 0.1) is 11.4 Å². The second-order valence-corrected chi connectivity index (χ2v) is 6.03. The minimum Gasteiger partial charge on any atom is -0.379 e. The van der Waals surface area contributed by atoms with Crippen LogP contribution in [-0.2, 0) is 9.53 Å². The van der Waals surface area contributed by atoms with E-state index in [9.17, 15) is 18.0 Å². The molecule has 7 heteroatoms. The molecule has 0 spiro atoms. The SMILES string of the molecule is CC(C)[C@H]1CN(C(=O)[C@H](C)OCC(F)(F)F)c2ccccc2N1. The first-order valence-corrected chi connectivity index (χ1v) is 7.54. The van der Waals surface area contributed by atoms with Crippen molar-refractivity contribution in [3.63, 3.8) is 0 Å². The lowest BCUT2D eigenvalue weighted by molar-refractivity contribution is -0.185. The third-order valence-electron chi connectivity index (χ3n) is 3.83. The quantitative estimate of drug-likeness (QED) is 0.919. The Morgan fingerprint density at radius 2 is 2.00 bits per heavy atom. The van der Waals surface area contributed by atoms with E-state index in [0.29, 0.717) is 12.2 Å². The highest BCUT2D eigenvalue weighted by Crippen LogP contribution is 2.33. The summed E-state index contributed by atoms with van der Waals surface area (Å²) in [6, 6.07) is 7.29.